The first-order valence-electron chi connectivity index (χ1n) is 9.06. The average molecular weight is 361 g/mol. The first-order chi connectivity index (χ1) is 13.4. The van der Waals surface area contributed by atoms with Crippen LogP contribution in [-0.4, -0.2) is 39.5 Å². The SMILES string of the molecule is c1cnc2c(Nc3ccc4c(OC5CCOCC5)nccc4c3)n[nH]c2c1. The van der Waals surface area contributed by atoms with Gasteiger partial charge in [0, 0.05) is 36.3 Å². The summed E-state index contributed by atoms with van der Waals surface area (Å²) < 4.78 is 11.5. The van der Waals surface area contributed by atoms with E-state index in [-0.39, 0.29) is 6.10 Å². The van der Waals surface area contributed by atoms with Crippen molar-refractivity contribution in [3.05, 3.63) is 48.8 Å². The highest BCUT2D eigenvalue weighted by atomic mass is 16.5. The summed E-state index contributed by atoms with van der Waals surface area (Å²) in [4.78, 5) is 8.82. The Morgan fingerprint density at radius 2 is 2.00 bits per heavy atom. The van der Waals surface area contributed by atoms with Crippen LogP contribution in [0, 0.1) is 0 Å². The van der Waals surface area contributed by atoms with Crippen molar-refractivity contribution in [1.82, 2.24) is 20.2 Å². The van der Waals surface area contributed by atoms with Crippen molar-refractivity contribution in [3.63, 3.8) is 0 Å². The number of nitrogens with zero attached hydrogens (tertiary/aromatic N) is 3. The van der Waals surface area contributed by atoms with Gasteiger partial charge in [-0.3, -0.25) is 10.1 Å². The van der Waals surface area contributed by atoms with Crippen LogP contribution >= 0.6 is 0 Å². The number of nitrogens with one attached hydrogen (secondary N) is 2. The molecule has 1 aliphatic rings. The molecule has 0 amide bonds. The van der Waals surface area contributed by atoms with E-state index in [9.17, 15) is 0 Å². The van der Waals surface area contributed by atoms with E-state index in [0.717, 1.165) is 53.5 Å². The van der Waals surface area contributed by atoms with Gasteiger partial charge in [0.1, 0.15) is 11.6 Å². The Labute approximate surface area is 155 Å². The van der Waals surface area contributed by atoms with Gasteiger partial charge in [0.25, 0.3) is 0 Å². The molecule has 0 spiro atoms. The summed E-state index contributed by atoms with van der Waals surface area (Å²) in [5.74, 6) is 1.38. The smallest absolute Gasteiger partial charge is 0.221 e. The Hall–Kier alpha value is -3.19. The van der Waals surface area contributed by atoms with Crippen molar-refractivity contribution in [1.29, 1.82) is 0 Å². The van der Waals surface area contributed by atoms with E-state index >= 15 is 0 Å². The van der Waals surface area contributed by atoms with Gasteiger partial charge in [0.15, 0.2) is 5.82 Å². The fourth-order valence-electron chi connectivity index (χ4n) is 3.35. The van der Waals surface area contributed by atoms with Crippen molar-refractivity contribution in [2.24, 2.45) is 0 Å². The van der Waals surface area contributed by atoms with E-state index in [0.29, 0.717) is 11.7 Å². The maximum absolute atomic E-state index is 6.13. The molecule has 0 aliphatic carbocycles. The van der Waals surface area contributed by atoms with Crippen LogP contribution in [0.2, 0.25) is 0 Å². The molecule has 0 saturated carbocycles. The zero-order chi connectivity index (χ0) is 18.1. The summed E-state index contributed by atoms with van der Waals surface area (Å²) in [6.45, 7) is 1.49. The van der Waals surface area contributed by atoms with E-state index in [4.69, 9.17) is 9.47 Å². The van der Waals surface area contributed by atoms with E-state index < -0.39 is 0 Å². The Morgan fingerprint density at radius 1 is 1.07 bits per heavy atom. The lowest BCUT2D eigenvalue weighted by molar-refractivity contribution is 0.0244. The molecular formula is C20H19N5O2. The summed E-state index contributed by atoms with van der Waals surface area (Å²) in [7, 11) is 0. The van der Waals surface area contributed by atoms with Gasteiger partial charge in [-0.1, -0.05) is 0 Å². The first-order valence-corrected chi connectivity index (χ1v) is 9.06. The lowest BCUT2D eigenvalue weighted by Crippen LogP contribution is -2.26. The van der Waals surface area contributed by atoms with E-state index in [1.807, 2.05) is 30.3 Å². The topological polar surface area (TPSA) is 85.0 Å². The summed E-state index contributed by atoms with van der Waals surface area (Å²) >= 11 is 0. The van der Waals surface area contributed by atoms with Crippen molar-refractivity contribution in [2.75, 3.05) is 18.5 Å². The van der Waals surface area contributed by atoms with Crippen LogP contribution in [-0.2, 0) is 4.74 Å². The molecule has 0 atom stereocenters. The molecule has 7 heteroatoms. The van der Waals surface area contributed by atoms with Crippen molar-refractivity contribution in [2.45, 2.75) is 18.9 Å². The zero-order valence-corrected chi connectivity index (χ0v) is 14.7. The monoisotopic (exact) mass is 361 g/mol. The fourth-order valence-corrected chi connectivity index (χ4v) is 3.35. The van der Waals surface area contributed by atoms with Gasteiger partial charge in [-0.05, 0) is 41.8 Å². The highest BCUT2D eigenvalue weighted by Gasteiger charge is 2.17. The molecule has 1 saturated heterocycles. The third-order valence-corrected chi connectivity index (χ3v) is 4.76. The molecule has 2 N–H and O–H groups in total. The number of ether oxygens (including phenoxy) is 2. The number of H-pyrrole nitrogens is 1. The van der Waals surface area contributed by atoms with Gasteiger partial charge in [0.2, 0.25) is 5.88 Å². The summed E-state index contributed by atoms with van der Waals surface area (Å²) in [5, 5.41) is 12.7. The molecule has 27 heavy (non-hydrogen) atoms. The molecule has 3 aromatic heterocycles. The second kappa shape index (κ2) is 6.85. The molecule has 4 aromatic rings. The quantitative estimate of drug-likeness (QED) is 0.575. The van der Waals surface area contributed by atoms with Gasteiger partial charge in [0.05, 0.1) is 18.7 Å². The molecular weight excluding hydrogens is 342 g/mol. The maximum atomic E-state index is 6.13. The van der Waals surface area contributed by atoms with Crippen LogP contribution in [0.3, 0.4) is 0 Å². The van der Waals surface area contributed by atoms with Gasteiger partial charge < -0.3 is 14.8 Å². The molecule has 4 heterocycles. The number of fused-ring (bicyclic) bond motifs is 2. The molecule has 1 aromatic carbocycles. The highest BCUT2D eigenvalue weighted by Crippen LogP contribution is 2.29. The van der Waals surface area contributed by atoms with Crippen LogP contribution in [0.15, 0.2) is 48.8 Å². The number of hydrogen-bond donors (Lipinski definition) is 2. The predicted octanol–water partition coefficient (Wildman–Crippen LogP) is 3.81. The minimum atomic E-state index is 0.163. The van der Waals surface area contributed by atoms with Crippen molar-refractivity contribution >= 4 is 33.3 Å². The molecule has 0 radical (unpaired) electrons. The highest BCUT2D eigenvalue weighted by molar-refractivity contribution is 5.92. The number of aromatic amines is 1. The van der Waals surface area contributed by atoms with Crippen LogP contribution in [0.1, 0.15) is 12.8 Å². The molecule has 5 rings (SSSR count). The minimum Gasteiger partial charge on any atom is -0.474 e. The van der Waals surface area contributed by atoms with E-state index in [1.54, 1.807) is 12.4 Å². The summed E-state index contributed by atoms with van der Waals surface area (Å²) in [6.07, 6.45) is 5.51. The van der Waals surface area contributed by atoms with Gasteiger partial charge in [-0.25, -0.2) is 4.98 Å². The van der Waals surface area contributed by atoms with Gasteiger partial charge >= 0.3 is 0 Å². The number of anilines is 2. The lowest BCUT2D eigenvalue weighted by atomic mass is 10.1. The minimum absolute atomic E-state index is 0.163. The second-order valence-electron chi connectivity index (χ2n) is 6.58. The third-order valence-electron chi connectivity index (χ3n) is 4.76. The van der Waals surface area contributed by atoms with Crippen LogP contribution in [0.4, 0.5) is 11.5 Å². The number of benzene rings is 1. The molecule has 1 aliphatic heterocycles. The first kappa shape index (κ1) is 16.0. The summed E-state index contributed by atoms with van der Waals surface area (Å²) in [6, 6.07) is 11.9. The Morgan fingerprint density at radius 3 is 2.93 bits per heavy atom. The van der Waals surface area contributed by atoms with Crippen molar-refractivity contribution in [3.8, 4) is 5.88 Å². The van der Waals surface area contributed by atoms with E-state index in [2.05, 4.69) is 31.5 Å². The maximum Gasteiger partial charge on any atom is 0.221 e. The third kappa shape index (κ3) is 3.17. The number of aromatic nitrogens is 4. The number of rotatable bonds is 4. The lowest BCUT2D eigenvalue weighted by Gasteiger charge is -2.23. The molecule has 0 unspecified atom stereocenters. The van der Waals surface area contributed by atoms with Gasteiger partial charge in [-0.15, -0.1) is 0 Å². The second-order valence-corrected chi connectivity index (χ2v) is 6.58. The van der Waals surface area contributed by atoms with E-state index in [1.165, 1.54) is 0 Å². The van der Waals surface area contributed by atoms with Crippen LogP contribution in [0.5, 0.6) is 5.88 Å². The molecule has 1 fully saturated rings. The number of pyridine rings is 2. The molecule has 7 nitrogen and oxygen atoms in total. The normalized spacial score (nSPS) is 15.3. The molecule has 0 bridgehead atoms. The van der Waals surface area contributed by atoms with Crippen LogP contribution in [0.25, 0.3) is 21.8 Å². The standard InChI is InChI=1S/C20H19N5O2/c1-2-17-18(21-8-1)19(25-24-17)23-14-3-4-16-13(12-14)5-9-22-20(16)27-15-6-10-26-11-7-15/h1-5,8-9,12,15H,6-7,10-11H2,(H2,23,24,25). The fraction of sp³-hybridized carbons (Fsp3) is 0.250. The number of hydrogen-bond acceptors (Lipinski definition) is 6. The molecule has 136 valence electrons. The average Bonchev–Trinajstić information content (AvgIpc) is 3.12. The Balaban J connectivity index is 1.43. The van der Waals surface area contributed by atoms with Gasteiger partial charge in [-0.2, -0.15) is 5.10 Å². The summed E-state index contributed by atoms with van der Waals surface area (Å²) in [5.41, 5.74) is 2.65. The van der Waals surface area contributed by atoms with Crippen LogP contribution < -0.4 is 10.1 Å². The Bertz CT molecular complexity index is 1090. The largest absolute Gasteiger partial charge is 0.474 e. The Kier molecular flexibility index (Phi) is 4.06. The predicted molar refractivity (Wildman–Crippen MR) is 103 cm³/mol. The zero-order valence-electron chi connectivity index (χ0n) is 14.7. The van der Waals surface area contributed by atoms with Crippen molar-refractivity contribution < 1.29 is 9.47 Å².